The first-order valence-corrected chi connectivity index (χ1v) is 8.12. The van der Waals surface area contributed by atoms with Crippen molar-refractivity contribution in [2.24, 2.45) is 0 Å². The molecule has 2 bridgehead atoms. The molecule has 0 amide bonds. The molecule has 2 atom stereocenters. The van der Waals surface area contributed by atoms with Crippen LogP contribution in [0.25, 0.3) is 0 Å². The van der Waals surface area contributed by atoms with Crippen LogP contribution >= 0.6 is 0 Å². The molecule has 1 aromatic rings. The van der Waals surface area contributed by atoms with Gasteiger partial charge in [0.15, 0.2) is 0 Å². The molecule has 1 N–H and O–H groups in total. The van der Waals surface area contributed by atoms with Gasteiger partial charge in [0.1, 0.15) is 0 Å². The molecule has 21 heavy (non-hydrogen) atoms. The van der Waals surface area contributed by atoms with Crippen molar-refractivity contribution in [2.45, 2.75) is 64.1 Å². The molecule has 2 fully saturated rings. The van der Waals surface area contributed by atoms with E-state index in [1.807, 2.05) is 13.0 Å². The van der Waals surface area contributed by atoms with Crippen LogP contribution in [0.1, 0.15) is 44.7 Å². The van der Waals surface area contributed by atoms with Gasteiger partial charge in [0.2, 0.25) is 11.8 Å². The normalized spacial score (nSPS) is 27.7. The van der Waals surface area contributed by atoms with E-state index in [0.29, 0.717) is 24.0 Å². The van der Waals surface area contributed by atoms with E-state index < -0.39 is 0 Å². The predicted molar refractivity (Wildman–Crippen MR) is 83.9 cm³/mol. The number of rotatable bonds is 5. The van der Waals surface area contributed by atoms with Gasteiger partial charge in [-0.2, -0.15) is 4.98 Å². The van der Waals surface area contributed by atoms with Gasteiger partial charge in [-0.1, -0.05) is 6.92 Å². The number of aryl methyl sites for hydroxylation is 1. The number of hydrogen-bond donors (Lipinski definition) is 1. The summed E-state index contributed by atoms with van der Waals surface area (Å²) in [6.45, 7) is 5.23. The van der Waals surface area contributed by atoms with Crippen molar-refractivity contribution in [3.63, 3.8) is 0 Å². The van der Waals surface area contributed by atoms with Gasteiger partial charge in [-0.15, -0.1) is 0 Å². The monoisotopic (exact) mass is 290 g/mol. The minimum Gasteiger partial charge on any atom is -0.481 e. The Morgan fingerprint density at radius 3 is 2.62 bits per heavy atom. The molecule has 2 saturated heterocycles. The fraction of sp³-hybridized carbons (Fsp3) is 0.750. The van der Waals surface area contributed by atoms with Crippen LogP contribution in [0.5, 0.6) is 5.88 Å². The van der Waals surface area contributed by atoms with Crippen LogP contribution in [0, 0.1) is 6.92 Å². The van der Waals surface area contributed by atoms with E-state index in [2.05, 4.69) is 27.1 Å². The lowest BCUT2D eigenvalue weighted by Gasteiger charge is -2.38. The topological polar surface area (TPSA) is 50.3 Å². The Morgan fingerprint density at radius 2 is 2.00 bits per heavy atom. The summed E-state index contributed by atoms with van der Waals surface area (Å²) in [7, 11) is 1.67. The molecule has 116 valence electrons. The van der Waals surface area contributed by atoms with Crippen LogP contribution in [0.15, 0.2) is 6.07 Å². The zero-order valence-corrected chi connectivity index (χ0v) is 13.3. The van der Waals surface area contributed by atoms with Crippen LogP contribution in [0.2, 0.25) is 0 Å². The molecule has 5 nitrogen and oxygen atoms in total. The van der Waals surface area contributed by atoms with Crippen molar-refractivity contribution < 1.29 is 4.74 Å². The van der Waals surface area contributed by atoms with Gasteiger partial charge in [-0.3, -0.25) is 0 Å². The number of fused-ring (bicyclic) bond motifs is 2. The minimum atomic E-state index is 0.551. The van der Waals surface area contributed by atoms with Gasteiger partial charge in [-0.25, -0.2) is 4.98 Å². The second kappa shape index (κ2) is 6.18. The summed E-state index contributed by atoms with van der Waals surface area (Å²) in [4.78, 5) is 11.7. The summed E-state index contributed by atoms with van der Waals surface area (Å²) in [5.41, 5.74) is 0.967. The zero-order valence-electron chi connectivity index (χ0n) is 13.3. The standard InChI is InChI=1S/C16H26N4O/c1-4-7-20(14-9-12-5-6-13(10-14)18-12)16-17-11(2)8-15(19-16)21-3/h8,12-14,18H,4-7,9-10H2,1-3H3. The average Bonchev–Trinajstić information content (AvgIpc) is 2.82. The Kier molecular flexibility index (Phi) is 4.29. The summed E-state index contributed by atoms with van der Waals surface area (Å²) >= 11 is 0. The van der Waals surface area contributed by atoms with Crippen molar-refractivity contribution in [1.29, 1.82) is 0 Å². The predicted octanol–water partition coefficient (Wildman–Crippen LogP) is 2.29. The summed E-state index contributed by atoms with van der Waals surface area (Å²) in [6, 6.07) is 3.80. The Labute approximate surface area is 127 Å². The van der Waals surface area contributed by atoms with E-state index in [1.54, 1.807) is 7.11 Å². The van der Waals surface area contributed by atoms with Crippen molar-refractivity contribution >= 4 is 5.95 Å². The largest absolute Gasteiger partial charge is 0.481 e. The first-order valence-electron chi connectivity index (χ1n) is 8.12. The van der Waals surface area contributed by atoms with E-state index >= 15 is 0 Å². The highest BCUT2D eigenvalue weighted by Gasteiger charge is 2.36. The summed E-state index contributed by atoms with van der Waals surface area (Å²) in [5.74, 6) is 1.50. The maximum absolute atomic E-state index is 5.32. The molecule has 5 heteroatoms. The third-order valence-corrected chi connectivity index (χ3v) is 4.64. The van der Waals surface area contributed by atoms with Crippen molar-refractivity contribution in [2.75, 3.05) is 18.6 Å². The third kappa shape index (κ3) is 3.12. The van der Waals surface area contributed by atoms with Gasteiger partial charge in [0.25, 0.3) is 0 Å². The number of ether oxygens (including phenoxy) is 1. The molecule has 3 rings (SSSR count). The van der Waals surface area contributed by atoms with Gasteiger partial charge >= 0.3 is 0 Å². The number of hydrogen-bond acceptors (Lipinski definition) is 5. The summed E-state index contributed by atoms with van der Waals surface area (Å²) in [5, 5.41) is 3.71. The fourth-order valence-electron chi connectivity index (χ4n) is 3.73. The quantitative estimate of drug-likeness (QED) is 0.901. The minimum absolute atomic E-state index is 0.551. The van der Waals surface area contributed by atoms with Crippen molar-refractivity contribution in [3.05, 3.63) is 11.8 Å². The number of methoxy groups -OCH3 is 1. The van der Waals surface area contributed by atoms with Crippen LogP contribution in [0.4, 0.5) is 5.95 Å². The zero-order chi connectivity index (χ0) is 14.8. The van der Waals surface area contributed by atoms with Crippen LogP contribution in [-0.2, 0) is 0 Å². The molecular weight excluding hydrogens is 264 g/mol. The third-order valence-electron chi connectivity index (χ3n) is 4.64. The number of aromatic nitrogens is 2. The first-order chi connectivity index (χ1) is 10.2. The molecule has 2 aliphatic heterocycles. The lowest BCUT2D eigenvalue weighted by Crippen LogP contribution is -2.49. The van der Waals surface area contributed by atoms with E-state index in [4.69, 9.17) is 4.74 Å². The Balaban J connectivity index is 1.85. The molecule has 1 aromatic heterocycles. The number of nitrogens with one attached hydrogen (secondary N) is 1. The van der Waals surface area contributed by atoms with Crippen LogP contribution in [0.3, 0.4) is 0 Å². The first kappa shape index (κ1) is 14.6. The Morgan fingerprint density at radius 1 is 1.29 bits per heavy atom. The van der Waals surface area contributed by atoms with Crippen molar-refractivity contribution in [3.8, 4) is 5.88 Å². The fourth-order valence-corrected chi connectivity index (χ4v) is 3.73. The molecular formula is C16H26N4O. The maximum atomic E-state index is 5.32. The highest BCUT2D eigenvalue weighted by Crippen LogP contribution is 2.31. The van der Waals surface area contributed by atoms with Crippen LogP contribution in [-0.4, -0.2) is 41.7 Å². The van der Waals surface area contributed by atoms with Crippen molar-refractivity contribution in [1.82, 2.24) is 15.3 Å². The lowest BCUT2D eigenvalue weighted by molar-refractivity contribution is 0.342. The molecule has 0 aromatic carbocycles. The smallest absolute Gasteiger partial charge is 0.229 e. The molecule has 2 unspecified atom stereocenters. The van der Waals surface area contributed by atoms with Gasteiger partial charge in [-0.05, 0) is 39.0 Å². The van der Waals surface area contributed by atoms with E-state index in [9.17, 15) is 0 Å². The molecule has 3 heterocycles. The molecule has 0 radical (unpaired) electrons. The second-order valence-electron chi connectivity index (χ2n) is 6.31. The molecule has 0 saturated carbocycles. The number of piperidine rings is 1. The van der Waals surface area contributed by atoms with Gasteiger partial charge in [0.05, 0.1) is 7.11 Å². The SMILES string of the molecule is CCCN(c1nc(C)cc(OC)n1)C1CC2CCC(C1)N2. The summed E-state index contributed by atoms with van der Waals surface area (Å²) in [6.07, 6.45) is 6.16. The average molecular weight is 290 g/mol. The summed E-state index contributed by atoms with van der Waals surface area (Å²) < 4.78 is 5.32. The van der Waals surface area contributed by atoms with E-state index in [-0.39, 0.29) is 0 Å². The lowest BCUT2D eigenvalue weighted by atomic mass is 9.98. The van der Waals surface area contributed by atoms with Crippen LogP contribution < -0.4 is 15.0 Å². The number of nitrogens with zero attached hydrogens (tertiary/aromatic N) is 3. The van der Waals surface area contributed by atoms with E-state index in [0.717, 1.165) is 24.6 Å². The highest BCUT2D eigenvalue weighted by atomic mass is 16.5. The molecule has 0 aliphatic carbocycles. The second-order valence-corrected chi connectivity index (χ2v) is 6.31. The van der Waals surface area contributed by atoms with Gasteiger partial charge < -0.3 is 15.0 Å². The number of anilines is 1. The maximum Gasteiger partial charge on any atom is 0.229 e. The highest BCUT2D eigenvalue weighted by molar-refractivity contribution is 5.36. The Hall–Kier alpha value is -1.36. The molecule has 0 spiro atoms. The molecule has 2 aliphatic rings. The Bertz CT molecular complexity index is 481. The van der Waals surface area contributed by atoms with Gasteiger partial charge in [0, 0.05) is 36.4 Å². The van der Waals surface area contributed by atoms with E-state index in [1.165, 1.54) is 25.7 Å².